The second-order valence-electron chi connectivity index (χ2n) is 4.50. The summed E-state index contributed by atoms with van der Waals surface area (Å²) in [5, 5.41) is 23.0. The van der Waals surface area contributed by atoms with Crippen LogP contribution >= 0.6 is 0 Å². The molecule has 2 N–H and O–H groups in total. The van der Waals surface area contributed by atoms with Crippen LogP contribution in [-0.2, 0) is 0 Å². The number of nitrogens with one attached hydrogen (secondary N) is 1. The summed E-state index contributed by atoms with van der Waals surface area (Å²) in [6.45, 7) is 6.72. The van der Waals surface area contributed by atoms with Crippen molar-refractivity contribution in [2.24, 2.45) is 5.41 Å². The molecule has 0 amide bonds. The fourth-order valence-corrected chi connectivity index (χ4v) is 2.30. The second-order valence-corrected chi connectivity index (χ2v) is 4.50. The van der Waals surface area contributed by atoms with Gasteiger partial charge in [0, 0.05) is 6.04 Å². The van der Waals surface area contributed by atoms with Crippen LogP contribution in [0.15, 0.2) is 0 Å². The van der Waals surface area contributed by atoms with E-state index in [2.05, 4.69) is 11.4 Å². The topological polar surface area (TPSA) is 56.0 Å². The standard InChI is InChI=1S/C11H20N2O/c1-4-10(3,8-12)11(14)6-5-7-13-9(11)2/h9,13-14H,4-7H2,1-3H3. The van der Waals surface area contributed by atoms with Crippen molar-refractivity contribution in [1.29, 1.82) is 5.26 Å². The predicted molar refractivity (Wildman–Crippen MR) is 55.7 cm³/mol. The fourth-order valence-electron chi connectivity index (χ4n) is 2.30. The molecule has 0 spiro atoms. The van der Waals surface area contributed by atoms with Crippen molar-refractivity contribution in [1.82, 2.24) is 5.32 Å². The summed E-state index contributed by atoms with van der Waals surface area (Å²) in [6, 6.07) is 2.28. The Morgan fingerprint density at radius 2 is 2.36 bits per heavy atom. The van der Waals surface area contributed by atoms with Gasteiger partial charge in [-0.1, -0.05) is 6.92 Å². The number of hydrogen-bond donors (Lipinski definition) is 2. The van der Waals surface area contributed by atoms with E-state index in [0.29, 0.717) is 6.42 Å². The molecule has 1 rings (SSSR count). The molecule has 0 radical (unpaired) electrons. The first-order valence-corrected chi connectivity index (χ1v) is 5.37. The lowest BCUT2D eigenvalue weighted by atomic mass is 9.65. The summed E-state index contributed by atoms with van der Waals surface area (Å²) in [5.41, 5.74) is -1.52. The van der Waals surface area contributed by atoms with Gasteiger partial charge in [-0.25, -0.2) is 0 Å². The highest BCUT2D eigenvalue weighted by atomic mass is 16.3. The minimum atomic E-state index is -0.880. The van der Waals surface area contributed by atoms with Crippen LogP contribution in [0.5, 0.6) is 0 Å². The van der Waals surface area contributed by atoms with Crippen molar-refractivity contribution < 1.29 is 5.11 Å². The molecule has 0 aromatic heterocycles. The minimum absolute atomic E-state index is 0.000787. The number of rotatable bonds is 2. The van der Waals surface area contributed by atoms with Gasteiger partial charge in [0.25, 0.3) is 0 Å². The van der Waals surface area contributed by atoms with Gasteiger partial charge in [0.2, 0.25) is 0 Å². The average molecular weight is 196 g/mol. The van der Waals surface area contributed by atoms with Gasteiger partial charge in [0.15, 0.2) is 0 Å². The van der Waals surface area contributed by atoms with Gasteiger partial charge < -0.3 is 10.4 Å². The Labute approximate surface area is 86.1 Å². The highest BCUT2D eigenvalue weighted by Crippen LogP contribution is 2.41. The van der Waals surface area contributed by atoms with Gasteiger partial charge in [0.05, 0.1) is 17.1 Å². The van der Waals surface area contributed by atoms with Crippen LogP contribution in [0.3, 0.4) is 0 Å². The van der Waals surface area contributed by atoms with E-state index in [1.54, 1.807) is 0 Å². The Hall–Kier alpha value is -0.590. The molecule has 1 fully saturated rings. The SMILES string of the molecule is CCC(C)(C#N)C1(O)CCCNC1C. The summed E-state index contributed by atoms with van der Waals surface area (Å²) in [4.78, 5) is 0. The molecule has 1 saturated heterocycles. The van der Waals surface area contributed by atoms with Crippen molar-refractivity contribution in [2.45, 2.75) is 51.7 Å². The number of nitriles is 1. The molecule has 3 heteroatoms. The third-order valence-corrected chi connectivity index (χ3v) is 3.81. The van der Waals surface area contributed by atoms with Crippen LogP contribution in [0.25, 0.3) is 0 Å². The van der Waals surface area contributed by atoms with Crippen LogP contribution in [0.1, 0.15) is 40.0 Å². The largest absolute Gasteiger partial charge is 0.387 e. The number of piperidine rings is 1. The molecule has 3 atom stereocenters. The third-order valence-electron chi connectivity index (χ3n) is 3.81. The molecule has 0 aromatic rings. The molecule has 14 heavy (non-hydrogen) atoms. The summed E-state index contributed by atoms with van der Waals surface area (Å²) in [7, 11) is 0. The van der Waals surface area contributed by atoms with Crippen molar-refractivity contribution in [2.75, 3.05) is 6.54 Å². The van der Waals surface area contributed by atoms with Crippen LogP contribution in [0.4, 0.5) is 0 Å². The first kappa shape index (κ1) is 11.5. The van der Waals surface area contributed by atoms with E-state index in [0.717, 1.165) is 19.4 Å². The molecule has 1 heterocycles. The van der Waals surface area contributed by atoms with Crippen molar-refractivity contribution in [3.05, 3.63) is 0 Å². The average Bonchev–Trinajstić information content (AvgIpc) is 2.21. The lowest BCUT2D eigenvalue weighted by molar-refractivity contribution is -0.0933. The molecule has 80 valence electrons. The number of nitrogens with zero attached hydrogens (tertiary/aromatic N) is 1. The summed E-state index contributed by atoms with van der Waals surface area (Å²) < 4.78 is 0. The maximum absolute atomic E-state index is 10.6. The van der Waals surface area contributed by atoms with Crippen LogP contribution < -0.4 is 5.32 Å². The first-order valence-electron chi connectivity index (χ1n) is 5.37. The predicted octanol–water partition coefficient (Wildman–Crippen LogP) is 1.43. The van der Waals surface area contributed by atoms with Gasteiger partial charge in [-0.2, -0.15) is 5.26 Å². The van der Waals surface area contributed by atoms with Gasteiger partial charge >= 0.3 is 0 Å². The van der Waals surface area contributed by atoms with E-state index >= 15 is 0 Å². The van der Waals surface area contributed by atoms with Crippen molar-refractivity contribution in [3.63, 3.8) is 0 Å². The fraction of sp³-hybridized carbons (Fsp3) is 0.909. The third kappa shape index (κ3) is 1.53. The summed E-state index contributed by atoms with van der Waals surface area (Å²) in [6.07, 6.45) is 2.35. The van der Waals surface area contributed by atoms with E-state index in [1.165, 1.54) is 0 Å². The van der Waals surface area contributed by atoms with Crippen LogP contribution in [0.2, 0.25) is 0 Å². The summed E-state index contributed by atoms with van der Waals surface area (Å²) in [5.74, 6) is 0. The highest BCUT2D eigenvalue weighted by molar-refractivity contribution is 5.13. The van der Waals surface area contributed by atoms with E-state index in [4.69, 9.17) is 0 Å². The van der Waals surface area contributed by atoms with Gasteiger partial charge in [-0.05, 0) is 39.7 Å². The highest BCUT2D eigenvalue weighted by Gasteiger charge is 2.50. The normalized spacial score (nSPS) is 37.2. The van der Waals surface area contributed by atoms with Gasteiger partial charge in [-0.3, -0.25) is 0 Å². The van der Waals surface area contributed by atoms with Crippen molar-refractivity contribution in [3.8, 4) is 6.07 Å². The summed E-state index contributed by atoms with van der Waals surface area (Å²) >= 11 is 0. The zero-order valence-corrected chi connectivity index (χ0v) is 9.30. The molecule has 3 nitrogen and oxygen atoms in total. The molecule has 0 aromatic carbocycles. The maximum atomic E-state index is 10.6. The zero-order valence-electron chi connectivity index (χ0n) is 9.30. The lowest BCUT2D eigenvalue weighted by Crippen LogP contribution is -2.61. The zero-order chi connectivity index (χ0) is 10.8. The van der Waals surface area contributed by atoms with Crippen molar-refractivity contribution >= 4 is 0 Å². The Morgan fingerprint density at radius 3 is 2.79 bits per heavy atom. The first-order chi connectivity index (χ1) is 6.50. The lowest BCUT2D eigenvalue weighted by Gasteiger charge is -2.47. The molecule has 0 bridgehead atoms. The maximum Gasteiger partial charge on any atom is 0.0980 e. The quantitative estimate of drug-likeness (QED) is 0.702. The van der Waals surface area contributed by atoms with E-state index in [9.17, 15) is 10.4 Å². The Balaban J connectivity index is 2.96. The van der Waals surface area contributed by atoms with E-state index in [1.807, 2.05) is 20.8 Å². The number of hydrogen-bond acceptors (Lipinski definition) is 3. The van der Waals surface area contributed by atoms with E-state index in [-0.39, 0.29) is 6.04 Å². The minimum Gasteiger partial charge on any atom is -0.387 e. The van der Waals surface area contributed by atoms with E-state index < -0.39 is 11.0 Å². The molecule has 1 aliphatic rings. The monoisotopic (exact) mass is 196 g/mol. The Bertz CT molecular complexity index is 248. The molecular formula is C11H20N2O. The molecule has 0 aliphatic carbocycles. The number of aliphatic hydroxyl groups is 1. The Kier molecular flexibility index (Phi) is 3.18. The molecule has 3 unspecified atom stereocenters. The van der Waals surface area contributed by atoms with Crippen LogP contribution in [-0.4, -0.2) is 23.3 Å². The Morgan fingerprint density at radius 1 is 1.71 bits per heavy atom. The smallest absolute Gasteiger partial charge is 0.0980 e. The molecule has 0 saturated carbocycles. The van der Waals surface area contributed by atoms with Gasteiger partial charge in [-0.15, -0.1) is 0 Å². The van der Waals surface area contributed by atoms with Crippen LogP contribution in [0, 0.1) is 16.7 Å². The molecule has 1 aliphatic heterocycles. The van der Waals surface area contributed by atoms with Gasteiger partial charge in [0.1, 0.15) is 0 Å². The second kappa shape index (κ2) is 3.88. The molecular weight excluding hydrogens is 176 g/mol.